The zero-order valence-corrected chi connectivity index (χ0v) is 30.3. The van der Waals surface area contributed by atoms with Crippen LogP contribution in [0.15, 0.2) is 211 Å². The Bertz CT molecular complexity index is 3010. The molecule has 0 bridgehead atoms. The van der Waals surface area contributed by atoms with Crippen LogP contribution in [0.1, 0.15) is 0 Å². The predicted octanol–water partition coefficient (Wildman–Crippen LogP) is 15.1. The Morgan fingerprint density at radius 1 is 0.339 bits per heavy atom. The molecular weight excluding hydrogens is 685 g/mol. The molecule has 1 aliphatic rings. The Kier molecular flexibility index (Phi) is 7.46. The van der Waals surface area contributed by atoms with Gasteiger partial charge >= 0.3 is 0 Å². The predicted molar refractivity (Wildman–Crippen MR) is 232 cm³/mol. The van der Waals surface area contributed by atoms with Crippen LogP contribution in [0.25, 0.3) is 55.0 Å². The van der Waals surface area contributed by atoms with E-state index in [9.17, 15) is 0 Å². The molecule has 0 aliphatic carbocycles. The number of anilines is 6. The molecule has 0 spiro atoms. The standard InChI is InChI=1S/C52H34N2O2/c1-4-14-35(15-5-1)36-26-28-39(29-27-36)54(47-24-13-22-44-41-20-10-11-25-48(41)56-52(44)47)46-32-33-49-51-43(21-12-23-45(46)51)42-31-30-40(34-50(42)55-49)53(37-16-6-2-7-17-37)38-18-8-3-9-19-38/h1-34H. The zero-order chi connectivity index (χ0) is 37.0. The highest BCUT2D eigenvalue weighted by Crippen LogP contribution is 2.52. The lowest BCUT2D eigenvalue weighted by molar-refractivity contribution is 0.487. The third-order valence-electron chi connectivity index (χ3n) is 10.8. The zero-order valence-electron chi connectivity index (χ0n) is 30.3. The van der Waals surface area contributed by atoms with Gasteiger partial charge in [-0.05, 0) is 89.5 Å². The van der Waals surface area contributed by atoms with Crippen molar-refractivity contribution in [3.8, 4) is 33.8 Å². The number of benzene rings is 9. The van der Waals surface area contributed by atoms with Gasteiger partial charge in [0.25, 0.3) is 0 Å². The van der Waals surface area contributed by atoms with Gasteiger partial charge in [-0.2, -0.15) is 0 Å². The summed E-state index contributed by atoms with van der Waals surface area (Å²) in [4.78, 5) is 4.60. The maximum atomic E-state index is 6.87. The highest BCUT2D eigenvalue weighted by Gasteiger charge is 2.27. The molecule has 0 amide bonds. The van der Waals surface area contributed by atoms with Crippen molar-refractivity contribution in [1.82, 2.24) is 0 Å². The second-order valence-corrected chi connectivity index (χ2v) is 14.1. The van der Waals surface area contributed by atoms with Crippen LogP contribution in [0.2, 0.25) is 0 Å². The van der Waals surface area contributed by atoms with Gasteiger partial charge in [-0.25, -0.2) is 0 Å². The third kappa shape index (κ3) is 5.23. The lowest BCUT2D eigenvalue weighted by Gasteiger charge is -2.30. The van der Waals surface area contributed by atoms with Crippen molar-refractivity contribution in [2.45, 2.75) is 0 Å². The fourth-order valence-corrected chi connectivity index (χ4v) is 8.29. The molecule has 0 radical (unpaired) electrons. The monoisotopic (exact) mass is 718 g/mol. The summed E-state index contributed by atoms with van der Waals surface area (Å²) in [5.41, 5.74) is 12.5. The van der Waals surface area contributed by atoms with Crippen molar-refractivity contribution in [1.29, 1.82) is 0 Å². The molecule has 4 nitrogen and oxygen atoms in total. The SMILES string of the molecule is c1ccc(-c2ccc(N(c3ccc4c5c(cccc35)-c3ccc(N(c5ccccc5)c5ccccc5)cc3O4)c3cccc4c3oc3ccccc34)cc2)cc1. The Hall–Kier alpha value is -7.56. The minimum absolute atomic E-state index is 0.826. The van der Waals surface area contributed by atoms with Crippen LogP contribution < -0.4 is 14.5 Å². The van der Waals surface area contributed by atoms with E-state index in [0.29, 0.717) is 0 Å². The number of fused-ring (bicyclic) bond motifs is 5. The summed E-state index contributed by atoms with van der Waals surface area (Å²) in [6, 6.07) is 72.4. The van der Waals surface area contributed by atoms with Crippen LogP contribution in [0.4, 0.5) is 34.1 Å². The van der Waals surface area contributed by atoms with Gasteiger partial charge < -0.3 is 19.0 Å². The van der Waals surface area contributed by atoms with Gasteiger partial charge in [0.05, 0.1) is 11.4 Å². The maximum Gasteiger partial charge on any atom is 0.159 e. The summed E-state index contributed by atoms with van der Waals surface area (Å²) < 4.78 is 13.5. The molecule has 0 fully saturated rings. The summed E-state index contributed by atoms with van der Waals surface area (Å²) in [5.74, 6) is 1.66. The Balaban J connectivity index is 1.08. The largest absolute Gasteiger partial charge is 0.456 e. The first-order valence-corrected chi connectivity index (χ1v) is 18.9. The molecule has 0 unspecified atom stereocenters. The van der Waals surface area contributed by atoms with Gasteiger partial charge in [0.15, 0.2) is 5.58 Å². The van der Waals surface area contributed by atoms with E-state index in [0.717, 1.165) is 95.0 Å². The lowest BCUT2D eigenvalue weighted by atomic mass is 9.93. The topological polar surface area (TPSA) is 28.9 Å². The molecule has 0 atom stereocenters. The molecule has 10 aromatic rings. The summed E-state index contributed by atoms with van der Waals surface area (Å²) in [6.07, 6.45) is 0. The van der Waals surface area contributed by atoms with Crippen LogP contribution >= 0.6 is 0 Å². The van der Waals surface area contributed by atoms with Crippen LogP contribution in [0, 0.1) is 0 Å². The molecule has 56 heavy (non-hydrogen) atoms. The summed E-state index contributed by atoms with van der Waals surface area (Å²) in [6.45, 7) is 0. The highest BCUT2D eigenvalue weighted by atomic mass is 16.5. The Labute approximate surface area is 324 Å². The normalized spacial score (nSPS) is 11.7. The number of nitrogens with zero attached hydrogens (tertiary/aromatic N) is 2. The first-order valence-electron chi connectivity index (χ1n) is 18.9. The van der Waals surface area contributed by atoms with E-state index in [1.807, 2.05) is 24.3 Å². The lowest BCUT2D eigenvalue weighted by Crippen LogP contribution is -2.12. The highest BCUT2D eigenvalue weighted by molar-refractivity contribution is 6.14. The van der Waals surface area contributed by atoms with Gasteiger partial charge in [-0.3, -0.25) is 0 Å². The van der Waals surface area contributed by atoms with E-state index in [1.54, 1.807) is 0 Å². The minimum atomic E-state index is 0.826. The molecular formula is C52H34N2O2. The number of rotatable bonds is 7. The van der Waals surface area contributed by atoms with Gasteiger partial charge in [0.2, 0.25) is 0 Å². The van der Waals surface area contributed by atoms with E-state index in [-0.39, 0.29) is 0 Å². The van der Waals surface area contributed by atoms with Crippen molar-refractivity contribution in [2.75, 3.05) is 9.80 Å². The molecule has 9 aromatic carbocycles. The van der Waals surface area contributed by atoms with Crippen LogP contribution in [-0.4, -0.2) is 0 Å². The summed E-state index contributed by atoms with van der Waals surface area (Å²) in [5, 5.41) is 4.35. The van der Waals surface area contributed by atoms with E-state index in [1.165, 1.54) is 5.56 Å². The first kappa shape index (κ1) is 31.9. The third-order valence-corrected chi connectivity index (χ3v) is 10.8. The second-order valence-electron chi connectivity index (χ2n) is 14.1. The van der Waals surface area contributed by atoms with E-state index in [2.05, 4.69) is 192 Å². The van der Waals surface area contributed by atoms with Crippen molar-refractivity contribution in [3.63, 3.8) is 0 Å². The smallest absolute Gasteiger partial charge is 0.159 e. The summed E-state index contributed by atoms with van der Waals surface area (Å²) in [7, 11) is 0. The summed E-state index contributed by atoms with van der Waals surface area (Å²) >= 11 is 0. The molecule has 1 aliphatic heterocycles. The fourth-order valence-electron chi connectivity index (χ4n) is 8.29. The van der Waals surface area contributed by atoms with E-state index >= 15 is 0 Å². The number of para-hydroxylation sites is 4. The molecule has 0 saturated heterocycles. The van der Waals surface area contributed by atoms with Crippen LogP contribution in [0.5, 0.6) is 11.5 Å². The van der Waals surface area contributed by atoms with Crippen molar-refractivity contribution < 1.29 is 9.15 Å². The average Bonchev–Trinajstić information content (AvgIpc) is 3.65. The van der Waals surface area contributed by atoms with Crippen molar-refractivity contribution in [2.24, 2.45) is 0 Å². The van der Waals surface area contributed by atoms with E-state index in [4.69, 9.17) is 9.15 Å². The van der Waals surface area contributed by atoms with Crippen LogP contribution in [0.3, 0.4) is 0 Å². The number of hydrogen-bond donors (Lipinski definition) is 0. The maximum absolute atomic E-state index is 6.87. The average molecular weight is 719 g/mol. The minimum Gasteiger partial charge on any atom is -0.456 e. The molecule has 2 heterocycles. The van der Waals surface area contributed by atoms with Gasteiger partial charge in [-0.15, -0.1) is 0 Å². The van der Waals surface area contributed by atoms with Gasteiger partial charge in [-0.1, -0.05) is 127 Å². The Morgan fingerprint density at radius 2 is 0.946 bits per heavy atom. The number of hydrogen-bond acceptors (Lipinski definition) is 4. The Morgan fingerprint density at radius 3 is 1.71 bits per heavy atom. The first-order chi connectivity index (χ1) is 27.8. The second kappa shape index (κ2) is 13.1. The number of ether oxygens (including phenoxy) is 1. The number of furan rings is 1. The molecule has 0 N–H and O–H groups in total. The molecule has 4 heteroatoms. The van der Waals surface area contributed by atoms with Crippen LogP contribution in [-0.2, 0) is 0 Å². The quantitative estimate of drug-likeness (QED) is 0.164. The molecule has 0 saturated carbocycles. The van der Waals surface area contributed by atoms with E-state index < -0.39 is 0 Å². The molecule has 11 rings (SSSR count). The van der Waals surface area contributed by atoms with Crippen molar-refractivity contribution in [3.05, 3.63) is 206 Å². The van der Waals surface area contributed by atoms with Gasteiger partial charge in [0.1, 0.15) is 17.1 Å². The molecule has 1 aromatic heterocycles. The fraction of sp³-hybridized carbons (Fsp3) is 0. The van der Waals surface area contributed by atoms with Gasteiger partial charge in [0, 0.05) is 55.9 Å². The van der Waals surface area contributed by atoms with Crippen molar-refractivity contribution >= 4 is 66.8 Å². The molecule has 264 valence electrons.